The number of pyridine rings is 1. The molecule has 0 bridgehead atoms. The van der Waals surface area contributed by atoms with E-state index in [2.05, 4.69) is 28.9 Å². The molecule has 1 rings (SSSR count). The zero-order valence-corrected chi connectivity index (χ0v) is 11.0. The molecule has 0 amide bonds. The van der Waals surface area contributed by atoms with Crippen LogP contribution in [0.2, 0.25) is 0 Å². The summed E-state index contributed by atoms with van der Waals surface area (Å²) in [5.74, 6) is 0.592. The second kappa shape index (κ2) is 6.96. The number of esters is 1. The van der Waals surface area contributed by atoms with Crippen LogP contribution in [-0.4, -0.2) is 35.8 Å². The van der Waals surface area contributed by atoms with Crippen molar-refractivity contribution < 1.29 is 14.6 Å². The summed E-state index contributed by atoms with van der Waals surface area (Å²) in [5, 5.41) is 12.2. The number of nitrogens with one attached hydrogen (secondary N) is 1. The Morgan fingerprint density at radius 2 is 2.28 bits per heavy atom. The van der Waals surface area contributed by atoms with Crippen molar-refractivity contribution in [3.05, 3.63) is 23.9 Å². The van der Waals surface area contributed by atoms with Crippen molar-refractivity contribution in [2.24, 2.45) is 5.92 Å². The Bertz CT molecular complexity index is 394. The SMILES string of the molecule is COC(=O)c1ccnc(NC(CCO)C(C)C)c1. The Morgan fingerprint density at radius 1 is 1.56 bits per heavy atom. The predicted molar refractivity (Wildman–Crippen MR) is 69.5 cm³/mol. The molecule has 0 spiro atoms. The summed E-state index contributed by atoms with van der Waals surface area (Å²) in [4.78, 5) is 15.6. The summed E-state index contributed by atoms with van der Waals surface area (Å²) in [5.41, 5.74) is 0.460. The van der Waals surface area contributed by atoms with Crippen molar-refractivity contribution in [2.45, 2.75) is 26.3 Å². The van der Waals surface area contributed by atoms with E-state index in [0.717, 1.165) is 0 Å². The molecule has 100 valence electrons. The zero-order chi connectivity index (χ0) is 13.5. The average Bonchev–Trinajstić information content (AvgIpc) is 2.37. The fraction of sp³-hybridized carbons (Fsp3) is 0.538. The lowest BCUT2D eigenvalue weighted by Gasteiger charge is -2.22. The highest BCUT2D eigenvalue weighted by Crippen LogP contribution is 2.14. The van der Waals surface area contributed by atoms with Gasteiger partial charge in [-0.3, -0.25) is 0 Å². The smallest absolute Gasteiger partial charge is 0.338 e. The number of carbonyl (C=O) groups excluding carboxylic acids is 1. The largest absolute Gasteiger partial charge is 0.465 e. The van der Waals surface area contributed by atoms with E-state index in [0.29, 0.717) is 23.7 Å². The number of nitrogens with zero attached hydrogens (tertiary/aromatic N) is 1. The fourth-order valence-corrected chi connectivity index (χ4v) is 1.66. The molecular weight excluding hydrogens is 232 g/mol. The van der Waals surface area contributed by atoms with Gasteiger partial charge in [-0.25, -0.2) is 9.78 Å². The molecule has 1 aromatic heterocycles. The molecule has 0 radical (unpaired) electrons. The van der Waals surface area contributed by atoms with Gasteiger partial charge in [-0.2, -0.15) is 0 Å². The van der Waals surface area contributed by atoms with E-state index in [4.69, 9.17) is 5.11 Å². The molecule has 0 aliphatic carbocycles. The maximum absolute atomic E-state index is 11.4. The van der Waals surface area contributed by atoms with Gasteiger partial charge in [0, 0.05) is 18.8 Å². The first-order valence-electron chi connectivity index (χ1n) is 6.00. The number of rotatable bonds is 6. The van der Waals surface area contributed by atoms with Gasteiger partial charge in [-0.05, 0) is 24.5 Å². The fourth-order valence-electron chi connectivity index (χ4n) is 1.66. The van der Waals surface area contributed by atoms with Gasteiger partial charge in [0.25, 0.3) is 0 Å². The lowest BCUT2D eigenvalue weighted by Crippen LogP contribution is -2.27. The quantitative estimate of drug-likeness (QED) is 0.754. The molecule has 0 fully saturated rings. The van der Waals surface area contributed by atoms with Crippen LogP contribution in [0.3, 0.4) is 0 Å². The maximum Gasteiger partial charge on any atom is 0.338 e. The first-order chi connectivity index (χ1) is 8.58. The van der Waals surface area contributed by atoms with Crippen LogP contribution in [0.1, 0.15) is 30.6 Å². The second-order valence-corrected chi connectivity index (χ2v) is 4.43. The number of anilines is 1. The molecule has 1 aromatic rings. The molecule has 5 heteroatoms. The van der Waals surface area contributed by atoms with Crippen molar-refractivity contribution in [2.75, 3.05) is 19.0 Å². The van der Waals surface area contributed by atoms with Gasteiger partial charge >= 0.3 is 5.97 Å². The Morgan fingerprint density at radius 3 is 2.83 bits per heavy atom. The third-order valence-corrected chi connectivity index (χ3v) is 2.76. The van der Waals surface area contributed by atoms with Gasteiger partial charge in [0.05, 0.1) is 12.7 Å². The summed E-state index contributed by atoms with van der Waals surface area (Å²) in [6.07, 6.45) is 2.20. The molecular formula is C13H20N2O3. The van der Waals surface area contributed by atoms with Crippen LogP contribution in [0.4, 0.5) is 5.82 Å². The number of aliphatic hydroxyl groups excluding tert-OH is 1. The van der Waals surface area contributed by atoms with E-state index in [1.165, 1.54) is 7.11 Å². The minimum Gasteiger partial charge on any atom is -0.465 e. The van der Waals surface area contributed by atoms with E-state index < -0.39 is 0 Å². The van der Waals surface area contributed by atoms with Crippen molar-refractivity contribution in [3.63, 3.8) is 0 Å². The van der Waals surface area contributed by atoms with Crippen LogP contribution < -0.4 is 5.32 Å². The Labute approximate surface area is 107 Å². The van der Waals surface area contributed by atoms with Crippen LogP contribution in [0.5, 0.6) is 0 Å². The van der Waals surface area contributed by atoms with E-state index in [1.54, 1.807) is 18.3 Å². The first kappa shape index (κ1) is 14.4. The average molecular weight is 252 g/mol. The van der Waals surface area contributed by atoms with Gasteiger partial charge in [0.2, 0.25) is 0 Å². The number of methoxy groups -OCH3 is 1. The Balaban J connectivity index is 2.80. The van der Waals surface area contributed by atoms with E-state index >= 15 is 0 Å². The highest BCUT2D eigenvalue weighted by atomic mass is 16.5. The number of carbonyl (C=O) groups is 1. The van der Waals surface area contributed by atoms with E-state index in [-0.39, 0.29) is 18.6 Å². The molecule has 0 aliphatic rings. The van der Waals surface area contributed by atoms with Gasteiger partial charge in [-0.15, -0.1) is 0 Å². The predicted octanol–water partition coefficient (Wildman–Crippen LogP) is 1.69. The van der Waals surface area contributed by atoms with Crippen molar-refractivity contribution >= 4 is 11.8 Å². The summed E-state index contributed by atoms with van der Waals surface area (Å²) >= 11 is 0. The molecule has 2 N–H and O–H groups in total. The Kier molecular flexibility index (Phi) is 5.58. The van der Waals surface area contributed by atoms with E-state index in [9.17, 15) is 4.79 Å². The van der Waals surface area contributed by atoms with Gasteiger partial charge in [-0.1, -0.05) is 13.8 Å². The lowest BCUT2D eigenvalue weighted by molar-refractivity contribution is 0.0600. The normalized spacial score (nSPS) is 12.3. The molecule has 5 nitrogen and oxygen atoms in total. The molecule has 18 heavy (non-hydrogen) atoms. The van der Waals surface area contributed by atoms with Crippen molar-refractivity contribution in [1.29, 1.82) is 0 Å². The number of aromatic nitrogens is 1. The molecule has 0 aromatic carbocycles. The van der Waals surface area contributed by atoms with Crippen LogP contribution in [0.25, 0.3) is 0 Å². The standard InChI is InChI=1S/C13H20N2O3/c1-9(2)11(5-7-16)15-12-8-10(4-6-14-12)13(17)18-3/h4,6,8-9,11,16H,5,7H2,1-3H3,(H,14,15). The topological polar surface area (TPSA) is 71.5 Å². The molecule has 0 saturated heterocycles. The molecule has 1 atom stereocenters. The number of hydrogen-bond donors (Lipinski definition) is 2. The number of ether oxygens (including phenoxy) is 1. The van der Waals surface area contributed by atoms with Crippen molar-refractivity contribution in [1.82, 2.24) is 4.98 Å². The highest BCUT2D eigenvalue weighted by Gasteiger charge is 2.14. The molecule has 0 aliphatic heterocycles. The third kappa shape index (κ3) is 4.00. The first-order valence-corrected chi connectivity index (χ1v) is 6.00. The number of hydrogen-bond acceptors (Lipinski definition) is 5. The molecule has 1 heterocycles. The number of aliphatic hydroxyl groups is 1. The minimum absolute atomic E-state index is 0.118. The van der Waals surface area contributed by atoms with Gasteiger partial charge in [0.15, 0.2) is 0 Å². The third-order valence-electron chi connectivity index (χ3n) is 2.76. The summed E-state index contributed by atoms with van der Waals surface area (Å²) < 4.78 is 4.66. The minimum atomic E-state index is -0.385. The van der Waals surface area contributed by atoms with Gasteiger partial charge < -0.3 is 15.2 Å². The van der Waals surface area contributed by atoms with Crippen molar-refractivity contribution in [3.8, 4) is 0 Å². The highest BCUT2D eigenvalue weighted by molar-refractivity contribution is 5.89. The van der Waals surface area contributed by atoms with Crippen LogP contribution in [0.15, 0.2) is 18.3 Å². The second-order valence-electron chi connectivity index (χ2n) is 4.43. The van der Waals surface area contributed by atoms with Crippen LogP contribution in [0, 0.1) is 5.92 Å². The zero-order valence-electron chi connectivity index (χ0n) is 11.0. The van der Waals surface area contributed by atoms with Crippen LogP contribution >= 0.6 is 0 Å². The summed E-state index contributed by atoms with van der Waals surface area (Å²) in [6, 6.07) is 3.38. The Hall–Kier alpha value is -1.62. The maximum atomic E-state index is 11.4. The molecule has 0 saturated carbocycles. The molecule has 1 unspecified atom stereocenters. The van der Waals surface area contributed by atoms with Gasteiger partial charge in [0.1, 0.15) is 5.82 Å². The van der Waals surface area contributed by atoms with E-state index in [1.807, 2.05) is 0 Å². The summed E-state index contributed by atoms with van der Waals surface area (Å²) in [7, 11) is 1.35. The van der Waals surface area contributed by atoms with Crippen LogP contribution in [-0.2, 0) is 4.74 Å². The summed E-state index contributed by atoms with van der Waals surface area (Å²) in [6.45, 7) is 4.25. The lowest BCUT2D eigenvalue weighted by atomic mass is 10.0. The monoisotopic (exact) mass is 252 g/mol.